The van der Waals surface area contributed by atoms with Gasteiger partial charge in [0.05, 0.1) is 5.56 Å². The molecule has 0 unspecified atom stereocenters. The molecule has 0 fully saturated rings. The summed E-state index contributed by atoms with van der Waals surface area (Å²) >= 11 is 3.08. The van der Waals surface area contributed by atoms with Crippen LogP contribution in [0.3, 0.4) is 0 Å². The molecule has 0 aliphatic heterocycles. The average molecular weight is 260 g/mol. The SMILES string of the molecule is Cc1c(Br)cnc(C(=O)O)c1C(=O)O. The van der Waals surface area contributed by atoms with Crippen molar-refractivity contribution in [2.45, 2.75) is 6.92 Å². The Bertz CT molecular complexity index is 416. The fraction of sp³-hybridized carbons (Fsp3) is 0.125. The molecule has 6 heteroatoms. The number of hydrogen-bond donors (Lipinski definition) is 2. The molecule has 0 radical (unpaired) electrons. The molecular formula is C8H6BrNO4. The van der Waals surface area contributed by atoms with Crippen LogP contribution in [-0.4, -0.2) is 27.1 Å². The number of pyridine rings is 1. The third kappa shape index (κ3) is 1.74. The molecule has 0 bridgehead atoms. The molecule has 0 aromatic carbocycles. The highest BCUT2D eigenvalue weighted by Gasteiger charge is 2.21. The van der Waals surface area contributed by atoms with Crippen LogP contribution in [0, 0.1) is 6.92 Å². The largest absolute Gasteiger partial charge is 0.478 e. The van der Waals surface area contributed by atoms with Crippen LogP contribution in [0.25, 0.3) is 0 Å². The minimum Gasteiger partial charge on any atom is -0.478 e. The van der Waals surface area contributed by atoms with Crippen molar-refractivity contribution in [3.8, 4) is 0 Å². The van der Waals surface area contributed by atoms with E-state index >= 15 is 0 Å². The molecule has 0 aliphatic carbocycles. The van der Waals surface area contributed by atoms with E-state index in [2.05, 4.69) is 20.9 Å². The van der Waals surface area contributed by atoms with Crippen molar-refractivity contribution >= 4 is 27.9 Å². The molecule has 1 heterocycles. The zero-order valence-electron chi connectivity index (χ0n) is 7.11. The molecule has 1 aromatic rings. The zero-order chi connectivity index (χ0) is 10.9. The third-order valence-corrected chi connectivity index (χ3v) is 2.49. The van der Waals surface area contributed by atoms with E-state index in [0.29, 0.717) is 10.0 Å². The number of carbonyl (C=O) groups is 2. The van der Waals surface area contributed by atoms with Gasteiger partial charge in [0.15, 0.2) is 5.69 Å². The lowest BCUT2D eigenvalue weighted by Crippen LogP contribution is -2.12. The van der Waals surface area contributed by atoms with Crippen molar-refractivity contribution in [1.29, 1.82) is 0 Å². The van der Waals surface area contributed by atoms with Gasteiger partial charge < -0.3 is 10.2 Å². The molecule has 0 saturated carbocycles. The van der Waals surface area contributed by atoms with Gasteiger partial charge in [-0.3, -0.25) is 0 Å². The van der Waals surface area contributed by atoms with E-state index in [1.807, 2.05) is 0 Å². The Morgan fingerprint density at radius 3 is 2.36 bits per heavy atom. The average Bonchev–Trinajstić information content (AvgIpc) is 2.08. The maximum absolute atomic E-state index is 10.8. The minimum atomic E-state index is -1.35. The lowest BCUT2D eigenvalue weighted by Gasteiger charge is -2.05. The Kier molecular flexibility index (Phi) is 2.85. The van der Waals surface area contributed by atoms with Crippen molar-refractivity contribution in [3.05, 3.63) is 27.5 Å². The number of aromatic nitrogens is 1. The predicted octanol–water partition coefficient (Wildman–Crippen LogP) is 1.55. The second-order valence-electron chi connectivity index (χ2n) is 2.57. The van der Waals surface area contributed by atoms with E-state index in [1.165, 1.54) is 13.1 Å². The van der Waals surface area contributed by atoms with E-state index in [-0.39, 0.29) is 5.56 Å². The number of nitrogens with zero attached hydrogens (tertiary/aromatic N) is 1. The van der Waals surface area contributed by atoms with Crippen molar-refractivity contribution in [3.63, 3.8) is 0 Å². The Balaban J connectivity index is 3.53. The minimum absolute atomic E-state index is 0.285. The highest BCUT2D eigenvalue weighted by atomic mass is 79.9. The molecular weight excluding hydrogens is 254 g/mol. The first kappa shape index (κ1) is 10.6. The summed E-state index contributed by atoms with van der Waals surface area (Å²) in [4.78, 5) is 25.0. The van der Waals surface area contributed by atoms with Crippen LogP contribution in [0.5, 0.6) is 0 Å². The van der Waals surface area contributed by atoms with Gasteiger partial charge in [-0.25, -0.2) is 14.6 Å². The number of carboxylic acids is 2. The van der Waals surface area contributed by atoms with Crippen molar-refractivity contribution in [2.75, 3.05) is 0 Å². The maximum Gasteiger partial charge on any atom is 0.355 e. The molecule has 0 amide bonds. The quantitative estimate of drug-likeness (QED) is 0.842. The van der Waals surface area contributed by atoms with Crippen LogP contribution in [0.15, 0.2) is 10.7 Å². The molecule has 14 heavy (non-hydrogen) atoms. The summed E-state index contributed by atoms with van der Waals surface area (Å²) in [6.07, 6.45) is 1.27. The summed E-state index contributed by atoms with van der Waals surface area (Å²) in [6, 6.07) is 0. The van der Waals surface area contributed by atoms with Crippen LogP contribution in [0.2, 0.25) is 0 Å². The van der Waals surface area contributed by atoms with Gasteiger partial charge in [-0.1, -0.05) is 0 Å². The van der Waals surface area contributed by atoms with E-state index in [1.54, 1.807) is 0 Å². The summed E-state index contributed by atoms with van der Waals surface area (Å²) in [7, 11) is 0. The molecule has 0 spiro atoms. The molecule has 74 valence electrons. The fourth-order valence-electron chi connectivity index (χ4n) is 1.00. The Morgan fingerprint density at radius 1 is 1.36 bits per heavy atom. The Labute approximate surface area is 87.5 Å². The second kappa shape index (κ2) is 3.75. The monoisotopic (exact) mass is 259 g/mol. The summed E-state index contributed by atoms with van der Waals surface area (Å²) in [5.74, 6) is -2.65. The number of aromatic carboxylic acids is 2. The van der Waals surface area contributed by atoms with Crippen LogP contribution in [-0.2, 0) is 0 Å². The number of carboxylic acid groups (broad SMARTS) is 2. The number of hydrogen-bond acceptors (Lipinski definition) is 3. The molecule has 0 atom stereocenters. The summed E-state index contributed by atoms with van der Waals surface area (Å²) in [5, 5.41) is 17.5. The summed E-state index contributed by atoms with van der Waals surface area (Å²) < 4.78 is 0.472. The van der Waals surface area contributed by atoms with Crippen LogP contribution >= 0.6 is 15.9 Å². The van der Waals surface area contributed by atoms with Crippen molar-refractivity contribution < 1.29 is 19.8 Å². The van der Waals surface area contributed by atoms with Crippen molar-refractivity contribution in [2.24, 2.45) is 0 Å². The molecule has 1 aromatic heterocycles. The normalized spacial score (nSPS) is 9.86. The van der Waals surface area contributed by atoms with Gasteiger partial charge in [0.25, 0.3) is 0 Å². The molecule has 5 nitrogen and oxygen atoms in total. The second-order valence-corrected chi connectivity index (χ2v) is 3.42. The number of rotatable bonds is 2. The van der Waals surface area contributed by atoms with Gasteiger partial charge in [0, 0.05) is 10.7 Å². The van der Waals surface area contributed by atoms with Crippen molar-refractivity contribution in [1.82, 2.24) is 4.98 Å². The topological polar surface area (TPSA) is 87.5 Å². The van der Waals surface area contributed by atoms with Crippen LogP contribution in [0.4, 0.5) is 0 Å². The molecule has 0 aliphatic rings. The first-order valence-electron chi connectivity index (χ1n) is 3.56. The summed E-state index contributed by atoms with van der Waals surface area (Å²) in [5.41, 5.74) is -0.380. The Morgan fingerprint density at radius 2 is 1.93 bits per heavy atom. The van der Waals surface area contributed by atoms with Gasteiger partial charge in [-0.15, -0.1) is 0 Å². The lowest BCUT2D eigenvalue weighted by atomic mass is 10.1. The molecule has 0 saturated heterocycles. The van der Waals surface area contributed by atoms with Crippen LogP contribution < -0.4 is 0 Å². The first-order valence-corrected chi connectivity index (χ1v) is 4.36. The fourth-order valence-corrected chi connectivity index (χ4v) is 1.30. The summed E-state index contributed by atoms with van der Waals surface area (Å²) in [6.45, 7) is 1.52. The van der Waals surface area contributed by atoms with Gasteiger partial charge >= 0.3 is 11.9 Å². The first-order chi connectivity index (χ1) is 6.45. The number of halogens is 1. The van der Waals surface area contributed by atoms with E-state index in [9.17, 15) is 9.59 Å². The predicted molar refractivity (Wildman–Crippen MR) is 50.6 cm³/mol. The maximum atomic E-state index is 10.8. The Hall–Kier alpha value is -1.43. The molecule has 2 N–H and O–H groups in total. The standard InChI is InChI=1S/C8H6BrNO4/c1-3-4(9)2-10-6(8(13)14)5(3)7(11)12/h2H,1H3,(H,11,12)(H,13,14). The smallest absolute Gasteiger partial charge is 0.355 e. The van der Waals surface area contributed by atoms with Crippen LogP contribution in [0.1, 0.15) is 26.4 Å². The van der Waals surface area contributed by atoms with Gasteiger partial charge in [-0.2, -0.15) is 0 Å². The highest BCUT2D eigenvalue weighted by Crippen LogP contribution is 2.21. The van der Waals surface area contributed by atoms with E-state index in [4.69, 9.17) is 10.2 Å². The third-order valence-electron chi connectivity index (χ3n) is 1.69. The van der Waals surface area contributed by atoms with Gasteiger partial charge in [-0.05, 0) is 28.4 Å². The van der Waals surface area contributed by atoms with Gasteiger partial charge in [0.1, 0.15) is 0 Å². The lowest BCUT2D eigenvalue weighted by molar-refractivity contribution is 0.0645. The molecule has 1 rings (SSSR count). The highest BCUT2D eigenvalue weighted by molar-refractivity contribution is 9.10. The van der Waals surface area contributed by atoms with Gasteiger partial charge in [0.2, 0.25) is 0 Å². The van der Waals surface area contributed by atoms with E-state index in [0.717, 1.165) is 0 Å². The van der Waals surface area contributed by atoms with E-state index < -0.39 is 17.6 Å². The zero-order valence-corrected chi connectivity index (χ0v) is 8.70.